The number of hydrogen-bond acceptors (Lipinski definition) is 10. The van der Waals surface area contributed by atoms with Crippen LogP contribution in [0.15, 0.2) is 47.3 Å². The normalized spacial score (nSPS) is 16.9. The highest BCUT2D eigenvalue weighted by atomic mass is 79.9. The Bertz CT molecular complexity index is 1830. The molecule has 0 aliphatic carbocycles. The number of ether oxygens (including phenoxy) is 1. The second-order valence-electron chi connectivity index (χ2n) is 11.4. The minimum absolute atomic E-state index is 0.119. The fourth-order valence-electron chi connectivity index (χ4n) is 5.05. The number of ketones is 1. The second-order valence-corrected chi connectivity index (χ2v) is 12.2. The summed E-state index contributed by atoms with van der Waals surface area (Å²) < 4.78 is 21.6. The molecule has 13 nitrogen and oxygen atoms in total. The molecule has 3 atom stereocenters. The van der Waals surface area contributed by atoms with E-state index in [4.69, 9.17) is 10.5 Å². The Labute approximate surface area is 271 Å². The number of carbonyl (C=O) groups excluding carboxylic acids is 4. The second kappa shape index (κ2) is 13.4. The van der Waals surface area contributed by atoms with Gasteiger partial charge in [-0.25, -0.2) is 24.1 Å². The van der Waals surface area contributed by atoms with Crippen molar-refractivity contribution < 1.29 is 28.3 Å². The third-order valence-electron chi connectivity index (χ3n) is 7.69. The Morgan fingerprint density at radius 3 is 2.52 bits per heavy atom. The van der Waals surface area contributed by atoms with Crippen LogP contribution in [0.5, 0.6) is 6.01 Å². The van der Waals surface area contributed by atoms with Gasteiger partial charge in [0.1, 0.15) is 40.9 Å². The summed E-state index contributed by atoms with van der Waals surface area (Å²) in [5.74, 6) is -1.85. The highest BCUT2D eigenvalue weighted by molar-refractivity contribution is 9.10. The maximum absolute atomic E-state index is 14.6. The van der Waals surface area contributed by atoms with Crippen LogP contribution in [0.1, 0.15) is 43.2 Å². The number of Topliss-reactive ketones (excluding diaryl/α,β-unsaturated/α-hetero) is 1. The van der Waals surface area contributed by atoms with Crippen LogP contribution < -0.4 is 15.8 Å². The van der Waals surface area contributed by atoms with E-state index in [0.29, 0.717) is 38.0 Å². The maximum atomic E-state index is 14.6. The van der Waals surface area contributed by atoms with Crippen LogP contribution in [-0.2, 0) is 20.9 Å². The number of halogens is 2. The molecule has 2 amide bonds. The third-order valence-corrected chi connectivity index (χ3v) is 8.13. The van der Waals surface area contributed by atoms with E-state index < -0.39 is 36.0 Å². The standard InChI is InChI=1S/C31H32BrFN8O5/c1-15(2)26(34)30(45)46-31-35-11-19(12-36-31)18-6-7-22-21(9-18)27(17(4)42)39-41(22)14-25(43)40-13-20(33)10-23(40)29(44)38-28-16(3)5-8-24(32)37-28/h5-9,11-12,15,20,23,26H,10,13-14,34H2,1-4H3,(H,37,38,44)/t20-,23+,26+/m1/s1. The maximum Gasteiger partial charge on any atom is 0.330 e. The average Bonchev–Trinajstić information content (AvgIpc) is 3.59. The van der Waals surface area contributed by atoms with Crippen molar-refractivity contribution in [2.24, 2.45) is 11.7 Å². The number of esters is 1. The first-order valence-electron chi connectivity index (χ1n) is 14.5. The van der Waals surface area contributed by atoms with Crippen molar-refractivity contribution in [2.75, 3.05) is 11.9 Å². The number of amides is 2. The summed E-state index contributed by atoms with van der Waals surface area (Å²) in [6.45, 7) is 6.15. The summed E-state index contributed by atoms with van der Waals surface area (Å²) in [5, 5.41) is 7.58. The van der Waals surface area contributed by atoms with Crippen molar-refractivity contribution in [3.63, 3.8) is 0 Å². The topological polar surface area (TPSA) is 175 Å². The lowest BCUT2D eigenvalue weighted by atomic mass is 10.0. The number of nitrogens with two attached hydrogens (primary N) is 1. The molecule has 240 valence electrons. The molecular formula is C31H32BrFN8O5. The number of carbonyl (C=O) groups is 4. The van der Waals surface area contributed by atoms with E-state index in [1.165, 1.54) is 28.9 Å². The number of aryl methyl sites for hydroxylation is 1. The summed E-state index contributed by atoms with van der Waals surface area (Å²) in [6, 6.07) is 6.65. The third kappa shape index (κ3) is 6.94. The van der Waals surface area contributed by atoms with Crippen LogP contribution in [-0.4, -0.2) is 78.0 Å². The number of aromatic nitrogens is 5. The lowest BCUT2D eigenvalue weighted by Crippen LogP contribution is -2.44. The first-order chi connectivity index (χ1) is 21.8. The van der Waals surface area contributed by atoms with E-state index >= 15 is 0 Å². The number of hydrogen-bond donors (Lipinski definition) is 2. The van der Waals surface area contributed by atoms with Gasteiger partial charge in [0.15, 0.2) is 5.78 Å². The lowest BCUT2D eigenvalue weighted by molar-refractivity contribution is -0.137. The zero-order valence-electron chi connectivity index (χ0n) is 25.5. The fourth-order valence-corrected chi connectivity index (χ4v) is 5.36. The van der Waals surface area contributed by atoms with Crippen LogP contribution in [0.25, 0.3) is 22.0 Å². The number of anilines is 1. The molecule has 1 saturated heterocycles. The molecule has 0 radical (unpaired) electrons. The molecule has 3 aromatic heterocycles. The molecule has 1 aliphatic rings. The molecule has 5 rings (SSSR count). The highest BCUT2D eigenvalue weighted by Gasteiger charge is 2.40. The van der Waals surface area contributed by atoms with Crippen molar-refractivity contribution in [2.45, 2.75) is 58.9 Å². The predicted octanol–water partition coefficient (Wildman–Crippen LogP) is 3.63. The molecule has 46 heavy (non-hydrogen) atoms. The molecule has 1 aliphatic heterocycles. The Hall–Kier alpha value is -4.63. The molecular weight excluding hydrogens is 663 g/mol. The van der Waals surface area contributed by atoms with E-state index in [0.717, 1.165) is 0 Å². The molecule has 0 saturated carbocycles. The molecule has 0 bridgehead atoms. The number of likely N-dealkylation sites (tertiary alicyclic amines) is 1. The fraction of sp³-hybridized carbons (Fsp3) is 0.355. The summed E-state index contributed by atoms with van der Waals surface area (Å²) in [4.78, 5) is 65.0. The molecule has 1 aromatic carbocycles. The smallest absolute Gasteiger partial charge is 0.330 e. The monoisotopic (exact) mass is 694 g/mol. The van der Waals surface area contributed by atoms with Crippen LogP contribution in [0.2, 0.25) is 0 Å². The summed E-state index contributed by atoms with van der Waals surface area (Å²) in [6.07, 6.45) is 1.40. The van der Waals surface area contributed by atoms with Gasteiger partial charge in [0, 0.05) is 36.7 Å². The van der Waals surface area contributed by atoms with Gasteiger partial charge in [-0.15, -0.1) is 0 Å². The molecule has 1 fully saturated rings. The van der Waals surface area contributed by atoms with Crippen molar-refractivity contribution in [3.8, 4) is 17.1 Å². The van der Waals surface area contributed by atoms with Gasteiger partial charge < -0.3 is 20.7 Å². The molecule has 4 aromatic rings. The van der Waals surface area contributed by atoms with E-state index in [1.807, 2.05) is 0 Å². The van der Waals surface area contributed by atoms with Gasteiger partial charge in [-0.1, -0.05) is 26.0 Å². The minimum Gasteiger partial charge on any atom is -0.390 e. The number of nitrogens with one attached hydrogen (secondary N) is 1. The zero-order valence-corrected chi connectivity index (χ0v) is 27.1. The Morgan fingerprint density at radius 2 is 1.85 bits per heavy atom. The first kappa shape index (κ1) is 32.8. The lowest BCUT2D eigenvalue weighted by Gasteiger charge is -2.24. The van der Waals surface area contributed by atoms with E-state index in [9.17, 15) is 23.6 Å². The minimum atomic E-state index is -1.38. The van der Waals surface area contributed by atoms with Crippen LogP contribution in [0, 0.1) is 12.8 Å². The van der Waals surface area contributed by atoms with Crippen molar-refractivity contribution in [3.05, 3.63) is 58.6 Å². The Balaban J connectivity index is 1.36. The number of rotatable bonds is 9. The number of benzene rings is 1. The summed E-state index contributed by atoms with van der Waals surface area (Å²) >= 11 is 3.27. The first-order valence-corrected chi connectivity index (χ1v) is 15.3. The Morgan fingerprint density at radius 1 is 1.13 bits per heavy atom. The van der Waals surface area contributed by atoms with Gasteiger partial charge >= 0.3 is 12.0 Å². The largest absolute Gasteiger partial charge is 0.390 e. The van der Waals surface area contributed by atoms with Crippen molar-refractivity contribution in [1.82, 2.24) is 29.6 Å². The molecule has 15 heteroatoms. The average molecular weight is 696 g/mol. The van der Waals surface area contributed by atoms with Gasteiger partial charge in [0.05, 0.1) is 12.1 Å². The number of alkyl halides is 1. The zero-order chi connectivity index (χ0) is 33.3. The summed E-state index contributed by atoms with van der Waals surface area (Å²) in [7, 11) is 0. The van der Waals surface area contributed by atoms with Gasteiger partial charge in [0.25, 0.3) is 0 Å². The van der Waals surface area contributed by atoms with Crippen LogP contribution in [0.3, 0.4) is 0 Å². The molecule has 0 unspecified atom stereocenters. The van der Waals surface area contributed by atoms with Gasteiger partial charge in [0.2, 0.25) is 11.8 Å². The van der Waals surface area contributed by atoms with Gasteiger partial charge in [-0.2, -0.15) is 5.10 Å². The Kier molecular flexibility index (Phi) is 9.53. The van der Waals surface area contributed by atoms with Crippen LogP contribution >= 0.6 is 15.9 Å². The predicted molar refractivity (Wildman–Crippen MR) is 170 cm³/mol. The van der Waals surface area contributed by atoms with Gasteiger partial charge in [-0.05, 0) is 58.1 Å². The van der Waals surface area contributed by atoms with E-state index in [2.05, 4.69) is 41.3 Å². The highest BCUT2D eigenvalue weighted by Crippen LogP contribution is 2.28. The number of fused-ring (bicyclic) bond motifs is 1. The number of nitrogens with zero attached hydrogens (tertiary/aromatic N) is 6. The van der Waals surface area contributed by atoms with E-state index in [-0.39, 0.29) is 42.9 Å². The number of pyridine rings is 1. The van der Waals surface area contributed by atoms with Crippen molar-refractivity contribution >= 4 is 56.2 Å². The molecule has 4 heterocycles. The van der Waals surface area contributed by atoms with Crippen LogP contribution in [0.4, 0.5) is 10.2 Å². The quantitative estimate of drug-likeness (QED) is 0.150. The molecule has 0 spiro atoms. The SMILES string of the molecule is CC(=O)c1nn(CC(=O)N2C[C@H](F)C[C@H]2C(=O)Nc2nc(Br)ccc2C)c2ccc(-c3cnc(OC(=O)[C@@H](N)C(C)C)nc3)cc12. The van der Waals surface area contributed by atoms with Crippen molar-refractivity contribution in [1.29, 1.82) is 0 Å². The molecule has 3 N–H and O–H groups in total. The summed E-state index contributed by atoms with van der Waals surface area (Å²) in [5.41, 5.74) is 8.37. The van der Waals surface area contributed by atoms with E-state index in [1.54, 1.807) is 51.1 Å². The van der Waals surface area contributed by atoms with Gasteiger partial charge in [-0.3, -0.25) is 19.1 Å².